The highest BCUT2D eigenvalue weighted by molar-refractivity contribution is 7.99. The van der Waals surface area contributed by atoms with Gasteiger partial charge in [0.15, 0.2) is 0 Å². The van der Waals surface area contributed by atoms with Crippen LogP contribution in [0.3, 0.4) is 0 Å². The minimum atomic E-state index is -0.511. The van der Waals surface area contributed by atoms with Gasteiger partial charge in [0.05, 0.1) is 5.75 Å². The topological polar surface area (TPSA) is 49.4 Å². The molecule has 1 N–H and O–H groups in total. The standard InChI is InChI=1S/C24H31FN2O2S/c1-4-22(24(29)26-14-18(2)3)27(15-19-8-6-5-7-9-19)23(28)17-30-16-20-10-12-21(25)13-11-20/h5-13,18,22H,4,14-17H2,1-3H3,(H,26,29)/t22-/m1/s1. The first-order valence-electron chi connectivity index (χ1n) is 10.3. The van der Waals surface area contributed by atoms with Crippen molar-refractivity contribution in [1.29, 1.82) is 0 Å². The minimum Gasteiger partial charge on any atom is -0.354 e. The Balaban J connectivity index is 2.07. The monoisotopic (exact) mass is 430 g/mol. The number of nitrogens with zero attached hydrogens (tertiary/aromatic N) is 1. The molecule has 2 rings (SSSR count). The number of hydrogen-bond acceptors (Lipinski definition) is 3. The highest BCUT2D eigenvalue weighted by Crippen LogP contribution is 2.17. The molecule has 0 radical (unpaired) electrons. The molecule has 0 unspecified atom stereocenters. The minimum absolute atomic E-state index is 0.0717. The first kappa shape index (κ1) is 23.9. The van der Waals surface area contributed by atoms with Crippen LogP contribution in [0.1, 0.15) is 38.3 Å². The van der Waals surface area contributed by atoms with E-state index >= 15 is 0 Å². The molecule has 0 aliphatic heterocycles. The van der Waals surface area contributed by atoms with E-state index < -0.39 is 6.04 Å². The molecule has 0 aliphatic carbocycles. The average molecular weight is 431 g/mol. The number of benzene rings is 2. The lowest BCUT2D eigenvalue weighted by Crippen LogP contribution is -2.50. The maximum atomic E-state index is 13.1. The molecule has 0 aromatic heterocycles. The van der Waals surface area contributed by atoms with Crippen molar-refractivity contribution in [2.75, 3.05) is 12.3 Å². The Morgan fingerprint density at radius 2 is 1.70 bits per heavy atom. The number of carbonyl (C=O) groups excluding carboxylic acids is 2. The molecule has 0 aliphatic rings. The van der Waals surface area contributed by atoms with Crippen LogP contribution in [0.15, 0.2) is 54.6 Å². The fraction of sp³-hybridized carbons (Fsp3) is 0.417. The van der Waals surface area contributed by atoms with Crippen LogP contribution >= 0.6 is 11.8 Å². The molecule has 2 aromatic carbocycles. The van der Waals surface area contributed by atoms with Crippen LogP contribution in [0, 0.1) is 11.7 Å². The Kier molecular flexibility index (Phi) is 9.87. The summed E-state index contributed by atoms with van der Waals surface area (Å²) < 4.78 is 13.1. The zero-order chi connectivity index (χ0) is 21.9. The molecule has 4 nitrogen and oxygen atoms in total. The van der Waals surface area contributed by atoms with Crippen molar-refractivity contribution in [3.63, 3.8) is 0 Å². The van der Waals surface area contributed by atoms with Crippen LogP contribution in [0.2, 0.25) is 0 Å². The van der Waals surface area contributed by atoms with Gasteiger partial charge in [-0.1, -0.05) is 63.2 Å². The van der Waals surface area contributed by atoms with E-state index in [4.69, 9.17) is 0 Å². The summed E-state index contributed by atoms with van der Waals surface area (Å²) in [5.74, 6) is 0.763. The number of nitrogens with one attached hydrogen (secondary N) is 1. The normalized spacial score (nSPS) is 11.9. The zero-order valence-electron chi connectivity index (χ0n) is 17.9. The van der Waals surface area contributed by atoms with Gasteiger partial charge in [0.2, 0.25) is 11.8 Å². The molecule has 0 bridgehead atoms. The number of thioether (sulfide) groups is 1. The van der Waals surface area contributed by atoms with E-state index in [0.717, 1.165) is 11.1 Å². The Hall–Kier alpha value is -2.34. The molecule has 1 atom stereocenters. The second-order valence-electron chi connectivity index (χ2n) is 7.69. The summed E-state index contributed by atoms with van der Waals surface area (Å²) in [6.45, 7) is 6.99. The van der Waals surface area contributed by atoms with Crippen molar-refractivity contribution >= 4 is 23.6 Å². The summed E-state index contributed by atoms with van der Waals surface area (Å²) >= 11 is 1.47. The van der Waals surface area contributed by atoms with E-state index in [1.165, 1.54) is 23.9 Å². The van der Waals surface area contributed by atoms with E-state index in [0.29, 0.717) is 31.2 Å². The molecule has 2 amide bonds. The van der Waals surface area contributed by atoms with Crippen molar-refractivity contribution in [2.45, 2.75) is 45.5 Å². The van der Waals surface area contributed by atoms with E-state index in [1.54, 1.807) is 17.0 Å². The molecular weight excluding hydrogens is 399 g/mol. The van der Waals surface area contributed by atoms with Crippen LogP contribution < -0.4 is 5.32 Å². The second-order valence-corrected chi connectivity index (χ2v) is 8.68. The Labute approximate surface area is 183 Å². The van der Waals surface area contributed by atoms with Crippen LogP contribution in [0.5, 0.6) is 0 Å². The third-order valence-electron chi connectivity index (χ3n) is 4.67. The molecule has 0 heterocycles. The fourth-order valence-corrected chi connectivity index (χ4v) is 3.91. The van der Waals surface area contributed by atoms with E-state index in [9.17, 15) is 14.0 Å². The van der Waals surface area contributed by atoms with Crippen molar-refractivity contribution in [1.82, 2.24) is 10.2 Å². The lowest BCUT2D eigenvalue weighted by molar-refractivity contribution is -0.139. The van der Waals surface area contributed by atoms with Crippen LogP contribution in [-0.2, 0) is 21.9 Å². The molecule has 0 fully saturated rings. The molecule has 0 spiro atoms. The third-order valence-corrected chi connectivity index (χ3v) is 5.66. The predicted molar refractivity (Wildman–Crippen MR) is 121 cm³/mol. The molecule has 30 heavy (non-hydrogen) atoms. The Morgan fingerprint density at radius 3 is 2.30 bits per heavy atom. The molecule has 0 saturated heterocycles. The van der Waals surface area contributed by atoms with E-state index in [1.807, 2.05) is 51.1 Å². The Morgan fingerprint density at radius 1 is 1.03 bits per heavy atom. The van der Waals surface area contributed by atoms with Crippen LogP contribution in [-0.4, -0.2) is 35.1 Å². The van der Waals surface area contributed by atoms with Gasteiger partial charge in [-0.05, 0) is 35.6 Å². The van der Waals surface area contributed by atoms with E-state index in [-0.39, 0.29) is 23.4 Å². The number of hydrogen-bond donors (Lipinski definition) is 1. The SMILES string of the molecule is CC[C@H](C(=O)NCC(C)C)N(Cc1ccccc1)C(=O)CSCc1ccc(F)cc1. The van der Waals surface area contributed by atoms with Gasteiger partial charge in [-0.15, -0.1) is 11.8 Å². The first-order chi connectivity index (χ1) is 14.4. The number of halogens is 1. The van der Waals surface area contributed by atoms with Gasteiger partial charge in [0.1, 0.15) is 11.9 Å². The molecule has 2 aromatic rings. The highest BCUT2D eigenvalue weighted by atomic mass is 32.2. The van der Waals surface area contributed by atoms with Gasteiger partial charge in [-0.25, -0.2) is 4.39 Å². The summed E-state index contributed by atoms with van der Waals surface area (Å²) in [5.41, 5.74) is 1.95. The Bertz CT molecular complexity index is 797. The van der Waals surface area contributed by atoms with E-state index in [2.05, 4.69) is 5.32 Å². The maximum Gasteiger partial charge on any atom is 0.242 e. The summed E-state index contributed by atoms with van der Waals surface area (Å²) in [6.07, 6.45) is 0.547. The number of rotatable bonds is 11. The smallest absolute Gasteiger partial charge is 0.242 e. The third kappa shape index (κ3) is 7.82. The molecule has 162 valence electrons. The first-order valence-corrected chi connectivity index (χ1v) is 11.5. The number of amides is 2. The molecule has 6 heteroatoms. The van der Waals surface area contributed by atoms with Gasteiger partial charge in [0, 0.05) is 18.8 Å². The lowest BCUT2D eigenvalue weighted by atomic mass is 10.1. The van der Waals surface area contributed by atoms with Gasteiger partial charge in [-0.3, -0.25) is 9.59 Å². The summed E-state index contributed by atoms with van der Waals surface area (Å²) in [7, 11) is 0. The second kappa shape index (κ2) is 12.4. The predicted octanol–water partition coefficient (Wildman–Crippen LogP) is 4.64. The van der Waals surface area contributed by atoms with Crippen molar-refractivity contribution < 1.29 is 14.0 Å². The lowest BCUT2D eigenvalue weighted by Gasteiger charge is -2.31. The average Bonchev–Trinajstić information content (AvgIpc) is 2.74. The summed E-state index contributed by atoms with van der Waals surface area (Å²) in [5, 5.41) is 2.97. The van der Waals surface area contributed by atoms with Crippen LogP contribution in [0.4, 0.5) is 4.39 Å². The van der Waals surface area contributed by atoms with Crippen molar-refractivity contribution in [3.8, 4) is 0 Å². The number of carbonyl (C=O) groups is 2. The van der Waals surface area contributed by atoms with Crippen molar-refractivity contribution in [2.24, 2.45) is 5.92 Å². The van der Waals surface area contributed by atoms with Crippen LogP contribution in [0.25, 0.3) is 0 Å². The van der Waals surface area contributed by atoms with Gasteiger partial charge >= 0.3 is 0 Å². The quantitative estimate of drug-likeness (QED) is 0.565. The maximum absolute atomic E-state index is 13.1. The van der Waals surface area contributed by atoms with Crippen molar-refractivity contribution in [3.05, 3.63) is 71.5 Å². The van der Waals surface area contributed by atoms with Gasteiger partial charge in [0.25, 0.3) is 0 Å². The van der Waals surface area contributed by atoms with Gasteiger partial charge in [-0.2, -0.15) is 0 Å². The molecular formula is C24H31FN2O2S. The zero-order valence-corrected chi connectivity index (χ0v) is 18.8. The van der Waals surface area contributed by atoms with Gasteiger partial charge < -0.3 is 10.2 Å². The fourth-order valence-electron chi connectivity index (χ4n) is 3.04. The largest absolute Gasteiger partial charge is 0.354 e. The highest BCUT2D eigenvalue weighted by Gasteiger charge is 2.28. The summed E-state index contributed by atoms with van der Waals surface area (Å²) in [4.78, 5) is 27.6. The molecule has 0 saturated carbocycles. The summed E-state index contributed by atoms with van der Waals surface area (Å²) in [6, 6.07) is 15.5.